The number of pyridine rings is 1. The molecule has 8 heteroatoms. The van der Waals surface area contributed by atoms with Crippen molar-refractivity contribution >= 4 is 33.9 Å². The van der Waals surface area contributed by atoms with Crippen molar-refractivity contribution in [3.63, 3.8) is 0 Å². The summed E-state index contributed by atoms with van der Waals surface area (Å²) in [5, 5.41) is 8.89. The van der Waals surface area contributed by atoms with Gasteiger partial charge in [0.2, 0.25) is 0 Å². The van der Waals surface area contributed by atoms with Crippen molar-refractivity contribution in [3.8, 4) is 0 Å². The van der Waals surface area contributed by atoms with E-state index in [0.717, 1.165) is 5.39 Å². The molecule has 0 spiro atoms. The van der Waals surface area contributed by atoms with Gasteiger partial charge in [-0.1, -0.05) is 23.7 Å². The first-order valence-corrected chi connectivity index (χ1v) is 9.15. The third-order valence-corrected chi connectivity index (χ3v) is 5.16. The zero-order chi connectivity index (χ0) is 20.0. The first-order chi connectivity index (χ1) is 13.4. The molecule has 0 saturated carbocycles. The monoisotopic (exact) mass is 395 g/mol. The lowest BCUT2D eigenvalue weighted by molar-refractivity contribution is 0.0939. The molecular formula is C20H18ClN5O2. The minimum absolute atomic E-state index is 0.201. The maximum Gasteiger partial charge on any atom is 0.259 e. The van der Waals surface area contributed by atoms with Crippen LogP contribution < -0.4 is 10.9 Å². The van der Waals surface area contributed by atoms with E-state index in [1.807, 2.05) is 19.1 Å². The summed E-state index contributed by atoms with van der Waals surface area (Å²) in [5.41, 5.74) is 1.97. The Balaban J connectivity index is 1.73. The highest BCUT2D eigenvalue weighted by Crippen LogP contribution is 2.23. The first-order valence-electron chi connectivity index (χ1n) is 8.77. The Kier molecular flexibility index (Phi) is 4.39. The van der Waals surface area contributed by atoms with Crippen LogP contribution in [0.4, 0.5) is 0 Å². The molecule has 0 aliphatic rings. The summed E-state index contributed by atoms with van der Waals surface area (Å²) in [6.45, 7) is 3.60. The van der Waals surface area contributed by atoms with Crippen LogP contribution in [0.25, 0.3) is 16.4 Å². The van der Waals surface area contributed by atoms with Crippen molar-refractivity contribution in [1.29, 1.82) is 0 Å². The number of halogens is 1. The van der Waals surface area contributed by atoms with E-state index < -0.39 is 6.04 Å². The predicted octanol–water partition coefficient (Wildman–Crippen LogP) is 3.03. The summed E-state index contributed by atoms with van der Waals surface area (Å²) in [4.78, 5) is 29.9. The molecule has 0 unspecified atom stereocenters. The van der Waals surface area contributed by atoms with Crippen molar-refractivity contribution in [2.75, 3.05) is 0 Å². The maximum atomic E-state index is 12.9. The largest absolute Gasteiger partial charge is 0.344 e. The van der Waals surface area contributed by atoms with Gasteiger partial charge in [0, 0.05) is 25.1 Å². The van der Waals surface area contributed by atoms with Gasteiger partial charge >= 0.3 is 0 Å². The molecule has 1 amide bonds. The minimum Gasteiger partial charge on any atom is -0.344 e. The van der Waals surface area contributed by atoms with E-state index in [-0.39, 0.29) is 11.5 Å². The molecule has 0 saturated heterocycles. The molecule has 4 rings (SSSR count). The molecule has 142 valence electrons. The zero-order valence-electron chi connectivity index (χ0n) is 15.6. The molecular weight excluding hydrogens is 378 g/mol. The van der Waals surface area contributed by atoms with E-state index in [1.54, 1.807) is 49.1 Å². The van der Waals surface area contributed by atoms with Gasteiger partial charge in [0.25, 0.3) is 11.5 Å². The fourth-order valence-electron chi connectivity index (χ4n) is 3.45. The predicted molar refractivity (Wildman–Crippen MR) is 108 cm³/mol. The topological polar surface area (TPSA) is 81.3 Å². The highest BCUT2D eigenvalue weighted by atomic mass is 35.5. The third kappa shape index (κ3) is 2.84. The summed E-state index contributed by atoms with van der Waals surface area (Å²) in [6, 6.07) is 8.53. The fraction of sp³-hybridized carbons (Fsp3) is 0.200. The summed E-state index contributed by atoms with van der Waals surface area (Å²) >= 11 is 6.19. The zero-order valence-corrected chi connectivity index (χ0v) is 16.4. The van der Waals surface area contributed by atoms with Gasteiger partial charge in [-0.25, -0.2) is 9.50 Å². The van der Waals surface area contributed by atoms with Crippen molar-refractivity contribution in [3.05, 3.63) is 75.1 Å². The average molecular weight is 396 g/mol. The molecule has 7 nitrogen and oxygen atoms in total. The second-order valence-corrected chi connectivity index (χ2v) is 7.09. The second kappa shape index (κ2) is 6.76. The minimum atomic E-state index is -0.411. The number of carbonyl (C=O) groups is 1. The quantitative estimate of drug-likeness (QED) is 0.578. The van der Waals surface area contributed by atoms with Crippen LogP contribution in [0, 0.1) is 6.92 Å². The molecule has 4 aromatic rings. The Hall–Kier alpha value is -3.19. The number of fused-ring (bicyclic) bond motifs is 2. The Morgan fingerprint density at radius 3 is 2.86 bits per heavy atom. The highest BCUT2D eigenvalue weighted by molar-refractivity contribution is 6.35. The molecule has 3 heterocycles. The van der Waals surface area contributed by atoms with Crippen LogP contribution in [0.3, 0.4) is 0 Å². The molecule has 0 aliphatic carbocycles. The van der Waals surface area contributed by atoms with E-state index in [4.69, 9.17) is 11.6 Å². The number of nitrogens with zero attached hydrogens (tertiary/aromatic N) is 4. The van der Waals surface area contributed by atoms with Gasteiger partial charge < -0.3 is 9.88 Å². The Morgan fingerprint density at radius 2 is 2.07 bits per heavy atom. The standard InChI is InChI=1S/C20H18ClN5O2/c1-11(15-10-13-6-4-7-14(21)17(13)20(28)25(15)3)23-19(27)16-12(2)24-26-9-5-8-22-18(16)26/h4-11H,1-3H3,(H,23,27)/t11-/m0/s1. The fourth-order valence-corrected chi connectivity index (χ4v) is 3.71. The van der Waals surface area contributed by atoms with Gasteiger partial charge in [0.1, 0.15) is 5.56 Å². The van der Waals surface area contributed by atoms with E-state index in [9.17, 15) is 9.59 Å². The Bertz CT molecular complexity index is 1290. The molecule has 0 bridgehead atoms. The SMILES string of the molecule is Cc1nn2cccnc2c1C(=O)N[C@@H](C)c1cc2cccc(Cl)c2c(=O)n1C. The molecule has 1 N–H and O–H groups in total. The summed E-state index contributed by atoms with van der Waals surface area (Å²) in [7, 11) is 1.67. The molecule has 1 aromatic carbocycles. The van der Waals surface area contributed by atoms with Crippen LogP contribution in [0.1, 0.15) is 34.7 Å². The smallest absolute Gasteiger partial charge is 0.259 e. The van der Waals surface area contributed by atoms with Crippen LogP contribution in [0.5, 0.6) is 0 Å². The number of hydrogen-bond donors (Lipinski definition) is 1. The summed E-state index contributed by atoms with van der Waals surface area (Å²) in [5.74, 6) is -0.294. The lowest BCUT2D eigenvalue weighted by atomic mass is 10.1. The van der Waals surface area contributed by atoms with Crippen LogP contribution >= 0.6 is 11.6 Å². The van der Waals surface area contributed by atoms with Crippen molar-refractivity contribution in [1.82, 2.24) is 24.5 Å². The summed E-state index contributed by atoms with van der Waals surface area (Å²) < 4.78 is 3.09. The van der Waals surface area contributed by atoms with Gasteiger partial charge in [0.15, 0.2) is 5.65 Å². The van der Waals surface area contributed by atoms with Crippen LogP contribution in [-0.4, -0.2) is 25.1 Å². The number of rotatable bonds is 3. The number of aromatic nitrogens is 4. The van der Waals surface area contributed by atoms with Gasteiger partial charge in [-0.05, 0) is 37.4 Å². The van der Waals surface area contributed by atoms with E-state index >= 15 is 0 Å². The van der Waals surface area contributed by atoms with Crippen LogP contribution in [-0.2, 0) is 7.05 Å². The average Bonchev–Trinajstić information content (AvgIpc) is 3.00. The lowest BCUT2D eigenvalue weighted by Gasteiger charge is -2.18. The molecule has 1 atom stereocenters. The van der Waals surface area contributed by atoms with Crippen molar-refractivity contribution in [2.45, 2.75) is 19.9 Å². The molecule has 0 radical (unpaired) electrons. The van der Waals surface area contributed by atoms with Crippen molar-refractivity contribution < 1.29 is 4.79 Å². The number of nitrogens with one attached hydrogen (secondary N) is 1. The number of amides is 1. The third-order valence-electron chi connectivity index (χ3n) is 4.84. The van der Waals surface area contributed by atoms with Crippen molar-refractivity contribution in [2.24, 2.45) is 7.05 Å². The van der Waals surface area contributed by atoms with E-state index in [0.29, 0.717) is 33.0 Å². The van der Waals surface area contributed by atoms with E-state index in [1.165, 1.54) is 4.57 Å². The molecule has 28 heavy (non-hydrogen) atoms. The van der Waals surface area contributed by atoms with Gasteiger partial charge in [-0.2, -0.15) is 5.10 Å². The molecule has 0 fully saturated rings. The molecule has 0 aliphatic heterocycles. The van der Waals surface area contributed by atoms with Gasteiger partial charge in [0.05, 0.1) is 22.1 Å². The van der Waals surface area contributed by atoms with Crippen LogP contribution in [0.15, 0.2) is 47.5 Å². The number of hydrogen-bond acceptors (Lipinski definition) is 4. The lowest BCUT2D eigenvalue weighted by Crippen LogP contribution is -2.32. The Morgan fingerprint density at radius 1 is 1.29 bits per heavy atom. The summed E-state index contributed by atoms with van der Waals surface area (Å²) in [6.07, 6.45) is 3.36. The highest BCUT2D eigenvalue weighted by Gasteiger charge is 2.22. The van der Waals surface area contributed by atoms with Crippen LogP contribution in [0.2, 0.25) is 5.02 Å². The van der Waals surface area contributed by atoms with E-state index in [2.05, 4.69) is 15.4 Å². The maximum absolute atomic E-state index is 12.9. The Labute approximate surface area is 165 Å². The molecule has 3 aromatic heterocycles. The number of carbonyl (C=O) groups excluding carboxylic acids is 1. The van der Waals surface area contributed by atoms with Gasteiger partial charge in [-0.3, -0.25) is 9.59 Å². The second-order valence-electron chi connectivity index (χ2n) is 6.68. The van der Waals surface area contributed by atoms with Gasteiger partial charge in [-0.15, -0.1) is 0 Å². The first kappa shape index (κ1) is 18.2. The number of benzene rings is 1. The number of aryl methyl sites for hydroxylation is 1. The normalized spacial score (nSPS) is 12.4.